The first kappa shape index (κ1) is 28.7. The summed E-state index contributed by atoms with van der Waals surface area (Å²) < 4.78 is 15.5. The third kappa shape index (κ3) is 6.58. The van der Waals surface area contributed by atoms with Crippen LogP contribution in [0.15, 0.2) is 66.7 Å². The van der Waals surface area contributed by atoms with E-state index >= 15 is 0 Å². The number of nitrogens with one attached hydrogen (secondary N) is 2. The van der Waals surface area contributed by atoms with Crippen LogP contribution < -0.4 is 16.4 Å². The Morgan fingerprint density at radius 2 is 1.76 bits per heavy atom. The molecule has 1 aliphatic rings. The van der Waals surface area contributed by atoms with Crippen molar-refractivity contribution in [3.05, 3.63) is 100.0 Å². The van der Waals surface area contributed by atoms with Crippen molar-refractivity contribution in [1.29, 1.82) is 0 Å². The molecule has 0 spiro atoms. The first-order chi connectivity index (χ1) is 20.2. The Labute approximate surface area is 245 Å². The number of aromatic nitrogens is 2. The lowest BCUT2D eigenvalue weighted by Crippen LogP contribution is -2.43. The number of nitrogens with two attached hydrogens (primary N) is 1. The molecule has 4 aromatic rings. The van der Waals surface area contributed by atoms with Crippen LogP contribution in [0.25, 0.3) is 10.9 Å². The van der Waals surface area contributed by atoms with E-state index in [1.54, 1.807) is 24.3 Å². The van der Waals surface area contributed by atoms with Gasteiger partial charge in [0.15, 0.2) is 5.69 Å². The van der Waals surface area contributed by atoms with E-state index in [0.29, 0.717) is 23.0 Å². The van der Waals surface area contributed by atoms with E-state index < -0.39 is 23.5 Å². The number of hydrogen-bond donors (Lipinski definition) is 3. The molecular formula is C30H28ClFN6O4. The van der Waals surface area contributed by atoms with Crippen molar-refractivity contribution >= 4 is 46.1 Å². The fraction of sp³-hybridized carbons (Fsp3) is 0.233. The molecule has 0 radical (unpaired) electrons. The summed E-state index contributed by atoms with van der Waals surface area (Å²) in [5, 5.41) is 10.1. The summed E-state index contributed by atoms with van der Waals surface area (Å²) >= 11 is 5.81. The first-order valence-electron chi connectivity index (χ1n) is 13.3. The smallest absolute Gasteiger partial charge is 0.269 e. The monoisotopic (exact) mass is 590 g/mol. The molecule has 5 rings (SSSR count). The Kier molecular flexibility index (Phi) is 8.48. The molecule has 4 N–H and O–H groups in total. The van der Waals surface area contributed by atoms with Crippen LogP contribution in [0.5, 0.6) is 0 Å². The second kappa shape index (κ2) is 12.4. The van der Waals surface area contributed by atoms with Gasteiger partial charge in [-0.05, 0) is 42.7 Å². The minimum Gasteiger partial charge on any atom is -0.364 e. The maximum Gasteiger partial charge on any atom is 0.269 e. The highest BCUT2D eigenvalue weighted by Gasteiger charge is 2.34. The van der Waals surface area contributed by atoms with Crippen LogP contribution in [-0.4, -0.2) is 50.9 Å². The van der Waals surface area contributed by atoms with Gasteiger partial charge in [-0.15, -0.1) is 0 Å². The molecule has 10 nitrogen and oxygen atoms in total. The number of fused-ring (bicyclic) bond motifs is 1. The van der Waals surface area contributed by atoms with Gasteiger partial charge in [0.05, 0.1) is 17.1 Å². The summed E-state index contributed by atoms with van der Waals surface area (Å²) in [6.07, 6.45) is 1.47. The zero-order valence-corrected chi connectivity index (χ0v) is 23.2. The summed E-state index contributed by atoms with van der Waals surface area (Å²) in [7, 11) is 0. The van der Waals surface area contributed by atoms with Gasteiger partial charge in [-0.3, -0.25) is 23.9 Å². The van der Waals surface area contributed by atoms with Gasteiger partial charge >= 0.3 is 0 Å². The van der Waals surface area contributed by atoms with Crippen molar-refractivity contribution in [1.82, 2.24) is 25.3 Å². The third-order valence-electron chi connectivity index (χ3n) is 6.96. The van der Waals surface area contributed by atoms with Gasteiger partial charge in [0, 0.05) is 35.6 Å². The van der Waals surface area contributed by atoms with Crippen LogP contribution in [0.1, 0.15) is 44.8 Å². The van der Waals surface area contributed by atoms with E-state index in [-0.39, 0.29) is 47.9 Å². The number of amides is 4. The van der Waals surface area contributed by atoms with Gasteiger partial charge in [-0.1, -0.05) is 54.1 Å². The Hall–Kier alpha value is -4.77. The molecule has 4 amide bonds. The molecule has 1 aliphatic carbocycles. The SMILES string of the molecule is NC(=O)c1nn(CC(=O)N(CC(=O)NCc2cccc(Cl)c2F)C2CC2)c2cc(C(=O)NCc3ccccc3)ccc12. The molecule has 1 saturated carbocycles. The summed E-state index contributed by atoms with van der Waals surface area (Å²) in [5.41, 5.74) is 7.36. The molecule has 216 valence electrons. The largest absolute Gasteiger partial charge is 0.364 e. The average molecular weight is 591 g/mol. The maximum absolute atomic E-state index is 14.2. The molecule has 0 aliphatic heterocycles. The minimum atomic E-state index is -0.779. The Bertz CT molecular complexity index is 1670. The molecule has 0 saturated heterocycles. The van der Waals surface area contributed by atoms with Crippen LogP contribution >= 0.6 is 11.6 Å². The molecule has 1 fully saturated rings. The van der Waals surface area contributed by atoms with Crippen LogP contribution in [0.4, 0.5) is 4.39 Å². The van der Waals surface area contributed by atoms with Gasteiger partial charge in [0.1, 0.15) is 12.4 Å². The van der Waals surface area contributed by atoms with Gasteiger partial charge in [-0.25, -0.2) is 4.39 Å². The zero-order valence-electron chi connectivity index (χ0n) is 22.5. The molecule has 0 unspecified atom stereocenters. The van der Waals surface area contributed by atoms with Crippen molar-refractivity contribution < 1.29 is 23.6 Å². The van der Waals surface area contributed by atoms with E-state index in [2.05, 4.69) is 15.7 Å². The Balaban J connectivity index is 1.31. The summed E-state index contributed by atoms with van der Waals surface area (Å²) in [4.78, 5) is 52.6. The van der Waals surface area contributed by atoms with Gasteiger partial charge in [0.25, 0.3) is 11.8 Å². The predicted octanol–water partition coefficient (Wildman–Crippen LogP) is 3.17. The number of carbonyl (C=O) groups is 4. The van der Waals surface area contributed by atoms with E-state index in [1.165, 1.54) is 21.7 Å². The van der Waals surface area contributed by atoms with Crippen molar-refractivity contribution in [2.24, 2.45) is 5.73 Å². The highest BCUT2D eigenvalue weighted by atomic mass is 35.5. The van der Waals surface area contributed by atoms with E-state index in [1.807, 2.05) is 30.3 Å². The molecule has 0 bridgehead atoms. The van der Waals surface area contributed by atoms with Crippen LogP contribution in [0.2, 0.25) is 5.02 Å². The molecule has 3 aromatic carbocycles. The molecule has 1 aromatic heterocycles. The van der Waals surface area contributed by atoms with E-state index in [9.17, 15) is 23.6 Å². The third-order valence-corrected chi connectivity index (χ3v) is 7.25. The molecule has 1 heterocycles. The number of hydrogen-bond acceptors (Lipinski definition) is 5. The Morgan fingerprint density at radius 3 is 2.48 bits per heavy atom. The molecule has 42 heavy (non-hydrogen) atoms. The van der Waals surface area contributed by atoms with Gasteiger partial charge in [0.2, 0.25) is 11.8 Å². The number of halogens is 2. The number of primary amides is 1. The quantitative estimate of drug-likeness (QED) is 0.246. The van der Waals surface area contributed by atoms with Crippen molar-refractivity contribution in [3.8, 4) is 0 Å². The number of carbonyl (C=O) groups excluding carboxylic acids is 4. The van der Waals surface area contributed by atoms with Crippen LogP contribution in [0, 0.1) is 5.82 Å². The zero-order chi connectivity index (χ0) is 29.8. The normalized spacial score (nSPS) is 12.6. The predicted molar refractivity (Wildman–Crippen MR) is 154 cm³/mol. The molecule has 12 heteroatoms. The van der Waals surface area contributed by atoms with Gasteiger partial charge in [-0.2, -0.15) is 5.10 Å². The number of benzene rings is 3. The van der Waals surface area contributed by atoms with Crippen molar-refractivity contribution in [2.45, 2.75) is 38.5 Å². The standard InChI is InChI=1S/C30H28ClFN6O4/c31-23-8-4-7-20(27(23)32)15-34-25(39)16-37(21-10-11-21)26(40)17-38-24-13-19(9-12-22(24)28(36-38)29(33)41)30(42)35-14-18-5-2-1-3-6-18/h1-9,12-13,21H,10-11,14-17H2,(H2,33,41)(H,34,39)(H,35,42). The lowest BCUT2D eigenvalue weighted by Gasteiger charge is -2.22. The first-order valence-corrected chi connectivity index (χ1v) is 13.7. The molecular weight excluding hydrogens is 563 g/mol. The topological polar surface area (TPSA) is 139 Å². The summed E-state index contributed by atoms with van der Waals surface area (Å²) in [6, 6.07) is 18.5. The lowest BCUT2D eigenvalue weighted by molar-refractivity contribution is -0.137. The minimum absolute atomic E-state index is 0.0340. The fourth-order valence-electron chi connectivity index (χ4n) is 4.61. The maximum atomic E-state index is 14.2. The highest BCUT2D eigenvalue weighted by Crippen LogP contribution is 2.28. The summed E-state index contributed by atoms with van der Waals surface area (Å²) in [6.45, 7) is -0.282. The average Bonchev–Trinajstić information content (AvgIpc) is 3.77. The Morgan fingerprint density at radius 1 is 1.00 bits per heavy atom. The van der Waals surface area contributed by atoms with Crippen LogP contribution in [-0.2, 0) is 29.2 Å². The summed E-state index contributed by atoms with van der Waals surface area (Å²) in [5.74, 6) is -2.60. The van der Waals surface area contributed by atoms with Crippen molar-refractivity contribution in [2.75, 3.05) is 6.54 Å². The number of rotatable bonds is 11. The lowest BCUT2D eigenvalue weighted by atomic mass is 10.1. The van der Waals surface area contributed by atoms with Gasteiger partial charge < -0.3 is 21.3 Å². The second-order valence-electron chi connectivity index (χ2n) is 10.0. The molecule has 0 atom stereocenters. The highest BCUT2D eigenvalue weighted by molar-refractivity contribution is 6.30. The van der Waals surface area contributed by atoms with Crippen molar-refractivity contribution in [3.63, 3.8) is 0 Å². The van der Waals surface area contributed by atoms with Crippen LogP contribution in [0.3, 0.4) is 0 Å². The van der Waals surface area contributed by atoms with E-state index in [0.717, 1.165) is 18.4 Å². The second-order valence-corrected chi connectivity index (χ2v) is 10.4. The van der Waals surface area contributed by atoms with E-state index in [4.69, 9.17) is 17.3 Å². The fourth-order valence-corrected chi connectivity index (χ4v) is 4.81. The number of nitrogens with zero attached hydrogens (tertiary/aromatic N) is 3.